The van der Waals surface area contributed by atoms with Gasteiger partial charge in [-0.15, -0.1) is 0 Å². The van der Waals surface area contributed by atoms with E-state index in [2.05, 4.69) is 10.4 Å². The number of rotatable bonds is 7. The lowest BCUT2D eigenvalue weighted by atomic mass is 10.2. The highest BCUT2D eigenvalue weighted by Crippen LogP contribution is 1.99. The van der Waals surface area contributed by atoms with Gasteiger partial charge in [-0.1, -0.05) is 13.0 Å². The van der Waals surface area contributed by atoms with Crippen LogP contribution >= 0.6 is 0 Å². The van der Waals surface area contributed by atoms with E-state index in [0.717, 1.165) is 18.7 Å². The molecule has 0 saturated carbocycles. The summed E-state index contributed by atoms with van der Waals surface area (Å²) in [6.45, 7) is 3.25. The van der Waals surface area contributed by atoms with Crippen LogP contribution in [0.5, 0.6) is 0 Å². The predicted molar refractivity (Wildman–Crippen MR) is 65.8 cm³/mol. The highest BCUT2D eigenvalue weighted by molar-refractivity contribution is 5.86. The van der Waals surface area contributed by atoms with Crippen molar-refractivity contribution in [2.45, 2.75) is 19.8 Å². The zero-order valence-corrected chi connectivity index (χ0v) is 10.3. The van der Waals surface area contributed by atoms with E-state index in [1.54, 1.807) is 12.3 Å². The molecule has 94 valence electrons. The summed E-state index contributed by atoms with van der Waals surface area (Å²) in [5.74, 6) is -0.832. The van der Waals surface area contributed by atoms with E-state index in [9.17, 15) is 4.79 Å². The summed E-state index contributed by atoms with van der Waals surface area (Å²) < 4.78 is 1.84. The highest BCUT2D eigenvalue weighted by Gasteiger charge is 2.02. The van der Waals surface area contributed by atoms with Crippen molar-refractivity contribution in [3.05, 3.63) is 29.6 Å². The number of aryl methyl sites for hydroxylation is 1. The van der Waals surface area contributed by atoms with Crippen LogP contribution in [-0.4, -0.2) is 33.9 Å². The first kappa shape index (κ1) is 13.4. The number of nitrogens with one attached hydrogen (secondary N) is 1. The number of aromatic nitrogens is 2. The third kappa shape index (κ3) is 4.40. The molecule has 1 aromatic rings. The van der Waals surface area contributed by atoms with Crippen LogP contribution < -0.4 is 5.32 Å². The smallest absolute Gasteiger partial charge is 0.331 e. The fourth-order valence-corrected chi connectivity index (χ4v) is 1.54. The molecule has 0 bridgehead atoms. The highest BCUT2D eigenvalue weighted by atomic mass is 16.4. The van der Waals surface area contributed by atoms with E-state index < -0.39 is 5.97 Å². The number of aliphatic carboxylic acids is 1. The third-order valence-electron chi connectivity index (χ3n) is 2.63. The number of carbonyl (C=O) groups is 1. The molecule has 2 N–H and O–H groups in total. The van der Waals surface area contributed by atoms with E-state index in [-0.39, 0.29) is 0 Å². The lowest BCUT2D eigenvalue weighted by Gasteiger charge is -2.03. The van der Waals surface area contributed by atoms with E-state index in [4.69, 9.17) is 5.11 Å². The molecule has 0 aliphatic heterocycles. The van der Waals surface area contributed by atoms with E-state index in [1.165, 1.54) is 0 Å². The van der Waals surface area contributed by atoms with Gasteiger partial charge in [-0.2, -0.15) is 5.10 Å². The van der Waals surface area contributed by atoms with Crippen LogP contribution in [0.4, 0.5) is 0 Å². The maximum atomic E-state index is 10.7. The Balaban J connectivity index is 2.25. The van der Waals surface area contributed by atoms with Gasteiger partial charge in [0, 0.05) is 44.0 Å². The molecule has 0 atom stereocenters. The van der Waals surface area contributed by atoms with Crippen LogP contribution in [0.1, 0.15) is 19.0 Å². The zero-order chi connectivity index (χ0) is 12.7. The van der Waals surface area contributed by atoms with Crippen molar-refractivity contribution in [2.24, 2.45) is 7.05 Å². The van der Waals surface area contributed by atoms with Crippen LogP contribution in [0.15, 0.2) is 23.9 Å². The summed E-state index contributed by atoms with van der Waals surface area (Å²) in [6, 6.07) is 1.98. The Bertz CT molecular complexity index is 396. The molecule has 0 unspecified atom stereocenters. The fraction of sp³-hybridized carbons (Fsp3) is 0.500. The van der Waals surface area contributed by atoms with E-state index in [0.29, 0.717) is 18.5 Å². The van der Waals surface area contributed by atoms with Gasteiger partial charge in [-0.3, -0.25) is 4.68 Å². The van der Waals surface area contributed by atoms with Crippen LogP contribution in [0.25, 0.3) is 0 Å². The predicted octanol–water partition coefficient (Wildman–Crippen LogP) is 0.973. The van der Waals surface area contributed by atoms with Gasteiger partial charge in [0.25, 0.3) is 0 Å². The second kappa shape index (κ2) is 6.85. The Labute approximate surface area is 101 Å². The average molecular weight is 237 g/mol. The lowest BCUT2D eigenvalue weighted by Crippen LogP contribution is -2.19. The van der Waals surface area contributed by atoms with Crippen molar-refractivity contribution >= 4 is 5.97 Å². The van der Waals surface area contributed by atoms with Gasteiger partial charge in [0.05, 0.1) is 0 Å². The SMILES string of the molecule is CCC(=CCNCCc1ccnn1C)C(=O)O. The van der Waals surface area contributed by atoms with Crippen LogP contribution in [-0.2, 0) is 18.3 Å². The monoisotopic (exact) mass is 237 g/mol. The molecule has 0 aliphatic rings. The summed E-state index contributed by atoms with van der Waals surface area (Å²) in [5, 5.41) is 16.1. The zero-order valence-electron chi connectivity index (χ0n) is 10.3. The maximum absolute atomic E-state index is 10.7. The number of carboxylic acid groups (broad SMARTS) is 1. The van der Waals surface area contributed by atoms with Crippen LogP contribution in [0.3, 0.4) is 0 Å². The van der Waals surface area contributed by atoms with Gasteiger partial charge in [0.1, 0.15) is 0 Å². The second-order valence-electron chi connectivity index (χ2n) is 3.79. The lowest BCUT2D eigenvalue weighted by molar-refractivity contribution is -0.132. The largest absolute Gasteiger partial charge is 0.478 e. The number of carboxylic acids is 1. The second-order valence-corrected chi connectivity index (χ2v) is 3.79. The number of hydrogen-bond acceptors (Lipinski definition) is 3. The number of nitrogens with zero attached hydrogens (tertiary/aromatic N) is 2. The molecule has 0 amide bonds. The van der Waals surface area contributed by atoms with Gasteiger partial charge < -0.3 is 10.4 Å². The molecule has 0 aliphatic carbocycles. The molecule has 0 aromatic carbocycles. The van der Waals surface area contributed by atoms with Gasteiger partial charge >= 0.3 is 5.97 Å². The van der Waals surface area contributed by atoms with E-state index >= 15 is 0 Å². The molecule has 1 heterocycles. The maximum Gasteiger partial charge on any atom is 0.331 e. The molecule has 0 radical (unpaired) electrons. The minimum Gasteiger partial charge on any atom is -0.478 e. The fourth-order valence-electron chi connectivity index (χ4n) is 1.54. The first-order valence-corrected chi connectivity index (χ1v) is 5.75. The summed E-state index contributed by atoms with van der Waals surface area (Å²) in [7, 11) is 1.91. The standard InChI is InChI=1S/C12H19N3O2/c1-3-10(12(16)17)4-7-13-8-5-11-6-9-14-15(11)2/h4,6,9,13H,3,5,7-8H2,1-2H3,(H,16,17). The minimum atomic E-state index is -0.832. The van der Waals surface area contributed by atoms with E-state index in [1.807, 2.05) is 24.7 Å². The van der Waals surface area contributed by atoms with Crippen molar-refractivity contribution in [3.63, 3.8) is 0 Å². The molecule has 0 spiro atoms. The molecule has 5 heteroatoms. The Morgan fingerprint density at radius 2 is 2.41 bits per heavy atom. The van der Waals surface area contributed by atoms with Crippen molar-refractivity contribution < 1.29 is 9.90 Å². The quantitative estimate of drug-likeness (QED) is 0.548. The Kier molecular flexibility index (Phi) is 5.42. The molecule has 5 nitrogen and oxygen atoms in total. The van der Waals surface area contributed by atoms with Gasteiger partial charge in [0.15, 0.2) is 0 Å². The van der Waals surface area contributed by atoms with Crippen molar-refractivity contribution in [1.29, 1.82) is 0 Å². The third-order valence-corrected chi connectivity index (χ3v) is 2.63. The first-order chi connectivity index (χ1) is 8.15. The number of hydrogen-bond donors (Lipinski definition) is 2. The Morgan fingerprint density at radius 3 is 2.94 bits per heavy atom. The minimum absolute atomic E-state index is 0.457. The van der Waals surface area contributed by atoms with Crippen molar-refractivity contribution in [3.8, 4) is 0 Å². The van der Waals surface area contributed by atoms with Gasteiger partial charge in [-0.25, -0.2) is 4.79 Å². The summed E-state index contributed by atoms with van der Waals surface area (Å²) >= 11 is 0. The molecule has 17 heavy (non-hydrogen) atoms. The normalized spacial score (nSPS) is 11.8. The Hall–Kier alpha value is -1.62. The Morgan fingerprint density at radius 1 is 1.65 bits per heavy atom. The first-order valence-electron chi connectivity index (χ1n) is 5.75. The van der Waals surface area contributed by atoms with Crippen molar-refractivity contribution in [1.82, 2.24) is 15.1 Å². The summed E-state index contributed by atoms with van der Waals surface area (Å²) in [5.41, 5.74) is 1.62. The molecule has 1 aromatic heterocycles. The van der Waals surface area contributed by atoms with Crippen LogP contribution in [0, 0.1) is 0 Å². The summed E-state index contributed by atoms with van der Waals surface area (Å²) in [4.78, 5) is 10.7. The van der Waals surface area contributed by atoms with Crippen LogP contribution in [0.2, 0.25) is 0 Å². The topological polar surface area (TPSA) is 67.2 Å². The van der Waals surface area contributed by atoms with Gasteiger partial charge in [0.2, 0.25) is 0 Å². The molecular weight excluding hydrogens is 218 g/mol. The molecule has 0 saturated heterocycles. The molecular formula is C12H19N3O2. The average Bonchev–Trinajstić information content (AvgIpc) is 2.69. The molecule has 1 rings (SSSR count). The summed E-state index contributed by atoms with van der Waals surface area (Å²) in [6.07, 6.45) is 4.94. The van der Waals surface area contributed by atoms with Gasteiger partial charge in [-0.05, 0) is 12.5 Å². The molecule has 0 fully saturated rings. The van der Waals surface area contributed by atoms with Crippen molar-refractivity contribution in [2.75, 3.05) is 13.1 Å².